The van der Waals surface area contributed by atoms with Crippen LogP contribution >= 0.6 is 0 Å². The van der Waals surface area contributed by atoms with Gasteiger partial charge >= 0.3 is 0 Å². The van der Waals surface area contributed by atoms with Gasteiger partial charge in [0.25, 0.3) is 0 Å². The minimum absolute atomic E-state index is 0.796. The fourth-order valence-electron chi connectivity index (χ4n) is 20.2. The van der Waals surface area contributed by atoms with Crippen LogP contribution in [0.1, 0.15) is 195 Å². The molecule has 4 aliphatic rings. The molecule has 4 fully saturated rings. The first-order valence-corrected chi connectivity index (χ1v) is 44.4. The zero-order valence-electron chi connectivity index (χ0n) is 68.9. The summed E-state index contributed by atoms with van der Waals surface area (Å²) in [5, 5.41) is 9.65. The molecule has 2 heteroatoms. The molecule has 0 atom stereocenters. The smallest absolute Gasteiger partial charge is 0.0540 e. The highest BCUT2D eigenvalue weighted by molar-refractivity contribution is 6.26. The summed E-state index contributed by atoms with van der Waals surface area (Å²) < 4.78 is 0. The van der Waals surface area contributed by atoms with Gasteiger partial charge in [-0.25, -0.2) is 0 Å². The summed E-state index contributed by atoms with van der Waals surface area (Å²) in [6.07, 6.45) is 38.6. The van der Waals surface area contributed by atoms with Crippen LogP contribution in [0.25, 0.3) is 101 Å². The van der Waals surface area contributed by atoms with Gasteiger partial charge in [0.2, 0.25) is 0 Å². The number of nitrogens with zero attached hydrogens (tertiary/aromatic N) is 2. The third-order valence-electron chi connectivity index (χ3n) is 26.5. The quantitative estimate of drug-likeness (QED) is 0.0554. The van der Waals surface area contributed by atoms with Crippen LogP contribution in [-0.4, -0.2) is 0 Å². The maximum atomic E-state index is 2.47. The highest BCUT2D eigenvalue weighted by atomic mass is 15.1. The summed E-state index contributed by atoms with van der Waals surface area (Å²) in [6.45, 7) is 4.36. The maximum absolute atomic E-state index is 2.47. The van der Waals surface area contributed by atoms with Crippen LogP contribution in [0.15, 0.2) is 327 Å². The number of benzene rings is 15. The topological polar surface area (TPSA) is 6.48 Å². The Labute approximate surface area is 700 Å². The predicted octanol–water partition coefficient (Wildman–Crippen LogP) is 33.3. The average molecular weight is 1530 g/mol. The standard InChI is InChI=1S/C116H108N2/c1-81-39-63-97(64-40-81)117(99-67-51-91(52-68-99)79-111(93-55-43-87(44-56-93)75-83-23-7-3-8-24-83)94-57-45-88(46-58-94)76-84-25-9-4-10-26-84)113-73-71-109(101-31-15-17-33-103(101)113)115-105-35-19-21-37-107(105)116(108-38-22-20-36-106(108)115)110-72-74-114(104-34-18-16-32-102(104)110)118(98-65-41-82(2)42-66-98)100-69-53-92(54-70-100)80-112(95-59-47-89(48-60-95)77-85-27-11-5-12-28-85)96-61-49-90(50-62-96)78-86-29-13-6-14-30-86/h15-22,31-75,77,79-80,84,86H,3-14,23-30,76,78H2,1-2H3/b111-79+,112-80+. The lowest BCUT2D eigenvalue weighted by molar-refractivity contribution is 0.356. The molecule has 4 aliphatic carbocycles. The van der Waals surface area contributed by atoms with Crippen molar-refractivity contribution >= 4 is 113 Å². The number of fused-ring (bicyclic) bond motifs is 4. The van der Waals surface area contributed by atoms with Crippen molar-refractivity contribution in [1.29, 1.82) is 0 Å². The van der Waals surface area contributed by atoms with E-state index < -0.39 is 0 Å². The van der Waals surface area contributed by atoms with Gasteiger partial charge in [-0.2, -0.15) is 0 Å². The van der Waals surface area contributed by atoms with Gasteiger partial charge in [-0.15, -0.1) is 0 Å². The summed E-state index contributed by atoms with van der Waals surface area (Å²) in [7, 11) is 0. The minimum Gasteiger partial charge on any atom is -0.310 e. The molecule has 0 aromatic heterocycles. The summed E-state index contributed by atoms with van der Waals surface area (Å²) >= 11 is 0. The monoisotopic (exact) mass is 1530 g/mol. The second-order valence-electron chi connectivity index (χ2n) is 34.6. The Bertz CT molecular complexity index is 5740. The van der Waals surface area contributed by atoms with Crippen LogP contribution in [-0.2, 0) is 12.8 Å². The molecule has 0 heterocycles. The van der Waals surface area contributed by atoms with Crippen LogP contribution in [0.2, 0.25) is 0 Å². The summed E-state index contributed by atoms with van der Waals surface area (Å²) in [6, 6.07) is 121. The van der Waals surface area contributed by atoms with Gasteiger partial charge in [-0.1, -0.05) is 366 Å². The number of hydrogen-bond donors (Lipinski definition) is 0. The fraction of sp³-hybridized carbons (Fsp3) is 0.224. The van der Waals surface area contributed by atoms with Crippen molar-refractivity contribution in [2.75, 3.05) is 9.80 Å². The van der Waals surface area contributed by atoms with Gasteiger partial charge in [0.05, 0.1) is 11.4 Å². The molecule has 582 valence electrons. The Morgan fingerprint density at radius 1 is 0.263 bits per heavy atom. The molecule has 4 saturated carbocycles. The van der Waals surface area contributed by atoms with E-state index in [2.05, 4.69) is 363 Å². The molecular formula is C116H108N2. The number of aryl methyl sites for hydroxylation is 2. The number of rotatable bonds is 20. The van der Waals surface area contributed by atoms with E-state index in [-0.39, 0.29) is 0 Å². The Morgan fingerprint density at radius 3 is 0.873 bits per heavy atom. The van der Waals surface area contributed by atoms with Crippen molar-refractivity contribution in [3.05, 3.63) is 393 Å². The normalized spacial score (nSPS) is 15.3. The fourth-order valence-corrected chi connectivity index (χ4v) is 20.2. The molecule has 15 aromatic rings. The highest BCUT2D eigenvalue weighted by Gasteiger charge is 2.26. The van der Waals surface area contributed by atoms with E-state index in [0.717, 1.165) is 57.1 Å². The van der Waals surface area contributed by atoms with Gasteiger partial charge < -0.3 is 9.80 Å². The van der Waals surface area contributed by atoms with Crippen LogP contribution in [0.3, 0.4) is 0 Å². The van der Waals surface area contributed by atoms with Gasteiger partial charge in [0.15, 0.2) is 0 Å². The highest BCUT2D eigenvalue weighted by Crippen LogP contribution is 2.51. The SMILES string of the molecule is Cc1ccc(N(c2ccc(/C=C(\c3ccc(C=C4CCCCC4)cc3)c3ccc(CC4CCCCC4)cc3)cc2)c2ccc(-c3c4ccccc4c(-c4ccc(N(c5ccc(C)cc5)c5ccc(/C=C(\c6ccc(C=C7CCCCC7)cc6)c6ccc(CC7CCCCC7)cc6)cc5)c5ccccc45)c4ccccc34)c3ccccc23)cc1. The first kappa shape index (κ1) is 75.9. The Kier molecular flexibility index (Phi) is 22.5. The van der Waals surface area contributed by atoms with Gasteiger partial charge in [-0.3, -0.25) is 0 Å². The van der Waals surface area contributed by atoms with E-state index in [4.69, 9.17) is 0 Å². The lowest BCUT2D eigenvalue weighted by atomic mass is 9.83. The van der Waals surface area contributed by atoms with Crippen molar-refractivity contribution in [3.63, 3.8) is 0 Å². The zero-order valence-corrected chi connectivity index (χ0v) is 68.9. The largest absolute Gasteiger partial charge is 0.310 e. The molecule has 19 rings (SSSR count). The maximum Gasteiger partial charge on any atom is 0.0540 e. The van der Waals surface area contributed by atoms with Gasteiger partial charge in [0, 0.05) is 33.5 Å². The number of hydrogen-bond acceptors (Lipinski definition) is 2. The van der Waals surface area contributed by atoms with Crippen LogP contribution in [0, 0.1) is 25.7 Å². The predicted molar refractivity (Wildman–Crippen MR) is 509 cm³/mol. The summed E-state index contributed by atoms with van der Waals surface area (Å²) in [5.74, 6) is 1.59. The molecule has 15 aromatic carbocycles. The minimum atomic E-state index is 0.796. The lowest BCUT2D eigenvalue weighted by Crippen LogP contribution is -2.11. The molecule has 0 spiro atoms. The molecule has 0 unspecified atom stereocenters. The third-order valence-corrected chi connectivity index (χ3v) is 26.5. The lowest BCUT2D eigenvalue weighted by Gasteiger charge is -2.28. The number of anilines is 6. The van der Waals surface area contributed by atoms with E-state index >= 15 is 0 Å². The molecule has 0 amide bonds. The van der Waals surface area contributed by atoms with Crippen molar-refractivity contribution < 1.29 is 0 Å². The number of allylic oxidation sites excluding steroid dienone is 2. The zero-order chi connectivity index (χ0) is 79.1. The Morgan fingerprint density at radius 2 is 0.542 bits per heavy atom. The van der Waals surface area contributed by atoms with E-state index in [9.17, 15) is 0 Å². The van der Waals surface area contributed by atoms with Gasteiger partial charge in [-0.05, 0) is 284 Å². The van der Waals surface area contributed by atoms with Gasteiger partial charge in [0.1, 0.15) is 0 Å². The summed E-state index contributed by atoms with van der Waals surface area (Å²) in [4.78, 5) is 4.94. The summed E-state index contributed by atoms with van der Waals surface area (Å²) in [5.41, 5.74) is 32.5. The van der Waals surface area contributed by atoms with E-state index in [1.807, 2.05) is 0 Å². The molecule has 0 bridgehead atoms. The Balaban J connectivity index is 0.676. The van der Waals surface area contributed by atoms with Crippen LogP contribution in [0.5, 0.6) is 0 Å². The molecule has 2 nitrogen and oxygen atoms in total. The molecule has 0 saturated heterocycles. The van der Waals surface area contributed by atoms with Crippen LogP contribution < -0.4 is 9.80 Å². The molecule has 0 radical (unpaired) electrons. The molecular weight excluding hydrogens is 1420 g/mol. The average Bonchev–Trinajstić information content (AvgIpc) is 0.716. The van der Waals surface area contributed by atoms with E-state index in [1.54, 1.807) is 11.1 Å². The third kappa shape index (κ3) is 16.5. The van der Waals surface area contributed by atoms with Crippen molar-refractivity contribution in [1.82, 2.24) is 0 Å². The second kappa shape index (κ2) is 35.0. The first-order valence-electron chi connectivity index (χ1n) is 44.4. The van der Waals surface area contributed by atoms with Crippen LogP contribution in [0.4, 0.5) is 34.1 Å². The second-order valence-corrected chi connectivity index (χ2v) is 34.6. The Hall–Kier alpha value is -12.1. The first-order chi connectivity index (χ1) is 58.3. The molecule has 118 heavy (non-hydrogen) atoms. The molecule has 0 aliphatic heterocycles. The van der Waals surface area contributed by atoms with Crippen molar-refractivity contribution in [2.24, 2.45) is 11.8 Å². The molecule has 0 N–H and O–H groups in total. The van der Waals surface area contributed by atoms with Crippen molar-refractivity contribution in [2.45, 2.75) is 155 Å². The van der Waals surface area contributed by atoms with Crippen molar-refractivity contribution in [3.8, 4) is 22.3 Å². The van der Waals surface area contributed by atoms with E-state index in [1.165, 1.54) is 273 Å². The van der Waals surface area contributed by atoms with E-state index in [0.29, 0.717) is 0 Å².